The average Bonchev–Trinajstić information content (AvgIpc) is 2.72. The zero-order valence-electron chi connectivity index (χ0n) is 13.0. The number of nitrogens with one attached hydrogen (secondary N) is 2. The van der Waals surface area contributed by atoms with Crippen LogP contribution in [0.2, 0.25) is 0 Å². The van der Waals surface area contributed by atoms with Crippen LogP contribution in [0.25, 0.3) is 0 Å². The summed E-state index contributed by atoms with van der Waals surface area (Å²) < 4.78 is 0. The van der Waals surface area contributed by atoms with Gasteiger partial charge in [0, 0.05) is 13.1 Å². The molecular formula is C16H28N2O3. The number of carboxylic acids is 1. The van der Waals surface area contributed by atoms with Gasteiger partial charge in [-0.25, -0.2) is 0 Å². The van der Waals surface area contributed by atoms with E-state index in [2.05, 4.69) is 10.6 Å². The summed E-state index contributed by atoms with van der Waals surface area (Å²) in [6.45, 7) is 3.88. The molecule has 1 atom stereocenters. The van der Waals surface area contributed by atoms with Crippen LogP contribution in [-0.4, -0.2) is 36.6 Å². The molecule has 120 valence electrons. The molecule has 0 bridgehead atoms. The molecule has 5 heteroatoms. The lowest BCUT2D eigenvalue weighted by atomic mass is 9.78. The Morgan fingerprint density at radius 3 is 2.29 bits per heavy atom. The number of hydrogen-bond donors (Lipinski definition) is 3. The van der Waals surface area contributed by atoms with Crippen LogP contribution >= 0.6 is 0 Å². The summed E-state index contributed by atoms with van der Waals surface area (Å²) in [7, 11) is 0. The summed E-state index contributed by atoms with van der Waals surface area (Å²) in [5.74, 6) is -0.754. The molecule has 0 aromatic heterocycles. The molecule has 0 aromatic rings. The highest BCUT2D eigenvalue weighted by Gasteiger charge is 2.41. The maximum Gasteiger partial charge on any atom is 0.311 e. The summed E-state index contributed by atoms with van der Waals surface area (Å²) in [5, 5.41) is 15.8. The smallest absolute Gasteiger partial charge is 0.311 e. The first-order chi connectivity index (χ1) is 9.99. The third-order valence-corrected chi connectivity index (χ3v) is 5.25. The Balaban J connectivity index is 1.98. The zero-order valence-corrected chi connectivity index (χ0v) is 13.0. The van der Waals surface area contributed by atoms with E-state index in [1.165, 1.54) is 0 Å². The minimum Gasteiger partial charge on any atom is -0.481 e. The van der Waals surface area contributed by atoms with E-state index in [9.17, 15) is 14.7 Å². The van der Waals surface area contributed by atoms with Crippen LogP contribution in [0.5, 0.6) is 0 Å². The van der Waals surface area contributed by atoms with Crippen molar-refractivity contribution in [3.8, 4) is 0 Å². The number of rotatable bonds is 4. The Labute approximate surface area is 126 Å². The number of aliphatic carboxylic acids is 1. The molecule has 0 radical (unpaired) electrons. The molecule has 5 nitrogen and oxygen atoms in total. The predicted octanol–water partition coefficient (Wildman–Crippen LogP) is 1.92. The van der Waals surface area contributed by atoms with Crippen LogP contribution in [0.3, 0.4) is 0 Å². The predicted molar refractivity (Wildman–Crippen MR) is 81.0 cm³/mol. The lowest BCUT2D eigenvalue weighted by molar-refractivity contribution is -0.150. The fourth-order valence-electron chi connectivity index (χ4n) is 3.58. The third kappa shape index (κ3) is 3.76. The molecule has 0 spiro atoms. The molecule has 2 rings (SSSR count). The molecule has 1 heterocycles. The van der Waals surface area contributed by atoms with Gasteiger partial charge in [-0.05, 0) is 39.2 Å². The topological polar surface area (TPSA) is 78.4 Å². The highest BCUT2D eigenvalue weighted by molar-refractivity contribution is 5.83. The van der Waals surface area contributed by atoms with Gasteiger partial charge in [0.1, 0.15) is 0 Å². The van der Waals surface area contributed by atoms with Crippen molar-refractivity contribution in [2.24, 2.45) is 10.8 Å². The second-order valence-corrected chi connectivity index (χ2v) is 7.02. The molecule has 1 aliphatic carbocycles. The average molecular weight is 296 g/mol. The van der Waals surface area contributed by atoms with Gasteiger partial charge < -0.3 is 15.7 Å². The maximum atomic E-state index is 12.5. The van der Waals surface area contributed by atoms with Gasteiger partial charge in [0.2, 0.25) is 5.91 Å². The van der Waals surface area contributed by atoms with Gasteiger partial charge in [0.25, 0.3) is 0 Å². The van der Waals surface area contributed by atoms with Gasteiger partial charge in [-0.1, -0.05) is 25.7 Å². The summed E-state index contributed by atoms with van der Waals surface area (Å²) in [5.41, 5.74) is -1.16. The number of carboxylic acid groups (broad SMARTS) is 1. The lowest BCUT2D eigenvalue weighted by Crippen LogP contribution is -2.52. The highest BCUT2D eigenvalue weighted by atomic mass is 16.4. The number of amides is 1. The molecule has 1 saturated carbocycles. The van der Waals surface area contributed by atoms with Crippen molar-refractivity contribution in [2.45, 2.75) is 58.3 Å². The second kappa shape index (κ2) is 6.77. The Hall–Kier alpha value is -1.10. The van der Waals surface area contributed by atoms with E-state index in [1.54, 1.807) is 0 Å². The maximum absolute atomic E-state index is 12.5. The molecule has 1 amide bonds. The molecule has 2 aliphatic rings. The first-order valence-corrected chi connectivity index (χ1v) is 8.21. The standard InChI is InChI=1S/C16H28N2O3/c1-15(7-6-10-17-11-15)13(19)18-12-16(14(20)21)8-4-2-3-5-9-16/h17H,2-12H2,1H3,(H,18,19)(H,20,21). The van der Waals surface area contributed by atoms with Crippen LogP contribution in [-0.2, 0) is 9.59 Å². The van der Waals surface area contributed by atoms with Crippen LogP contribution < -0.4 is 10.6 Å². The van der Waals surface area contributed by atoms with Gasteiger partial charge in [0.15, 0.2) is 0 Å². The van der Waals surface area contributed by atoms with E-state index in [0.29, 0.717) is 19.4 Å². The summed E-state index contributed by atoms with van der Waals surface area (Å²) in [6, 6.07) is 0. The normalized spacial score (nSPS) is 29.4. The Kier molecular flexibility index (Phi) is 5.25. The minimum atomic E-state index is -0.759. The second-order valence-electron chi connectivity index (χ2n) is 7.02. The van der Waals surface area contributed by atoms with Crippen LogP contribution in [0.4, 0.5) is 0 Å². The van der Waals surface area contributed by atoms with Gasteiger partial charge in [-0.3, -0.25) is 9.59 Å². The number of hydrogen-bond acceptors (Lipinski definition) is 3. The van der Waals surface area contributed by atoms with Crippen molar-refractivity contribution in [3.05, 3.63) is 0 Å². The van der Waals surface area contributed by atoms with Gasteiger partial charge in [-0.15, -0.1) is 0 Å². The summed E-state index contributed by atoms with van der Waals surface area (Å²) >= 11 is 0. The largest absolute Gasteiger partial charge is 0.481 e. The zero-order chi connectivity index (χ0) is 15.3. The molecule has 1 aliphatic heterocycles. The monoisotopic (exact) mass is 296 g/mol. The molecule has 1 saturated heterocycles. The first kappa shape index (κ1) is 16.3. The minimum absolute atomic E-state index is 0.000396. The van der Waals surface area contributed by atoms with E-state index in [0.717, 1.165) is 45.1 Å². The Morgan fingerprint density at radius 2 is 1.76 bits per heavy atom. The summed E-state index contributed by atoms with van der Waals surface area (Å²) in [6.07, 6.45) is 7.31. The summed E-state index contributed by atoms with van der Waals surface area (Å²) in [4.78, 5) is 24.2. The van der Waals surface area contributed by atoms with Crippen molar-refractivity contribution in [3.63, 3.8) is 0 Å². The van der Waals surface area contributed by atoms with Crippen molar-refractivity contribution in [1.82, 2.24) is 10.6 Å². The molecule has 3 N–H and O–H groups in total. The Morgan fingerprint density at radius 1 is 1.10 bits per heavy atom. The van der Waals surface area contributed by atoms with E-state index >= 15 is 0 Å². The fraction of sp³-hybridized carbons (Fsp3) is 0.875. The molecular weight excluding hydrogens is 268 g/mol. The van der Waals surface area contributed by atoms with Crippen molar-refractivity contribution in [1.29, 1.82) is 0 Å². The van der Waals surface area contributed by atoms with Gasteiger partial charge in [0.05, 0.1) is 10.8 Å². The quantitative estimate of drug-likeness (QED) is 0.693. The fourth-order valence-corrected chi connectivity index (χ4v) is 3.58. The first-order valence-electron chi connectivity index (χ1n) is 8.21. The molecule has 0 aromatic carbocycles. The molecule has 2 fully saturated rings. The van der Waals surface area contributed by atoms with Crippen LogP contribution in [0.15, 0.2) is 0 Å². The van der Waals surface area contributed by atoms with Crippen LogP contribution in [0.1, 0.15) is 58.3 Å². The van der Waals surface area contributed by atoms with E-state index in [4.69, 9.17) is 0 Å². The third-order valence-electron chi connectivity index (χ3n) is 5.25. The van der Waals surface area contributed by atoms with E-state index in [-0.39, 0.29) is 12.5 Å². The number of piperidine rings is 1. The van der Waals surface area contributed by atoms with Crippen LogP contribution in [0, 0.1) is 10.8 Å². The van der Waals surface area contributed by atoms with E-state index < -0.39 is 16.8 Å². The number of carbonyl (C=O) groups is 2. The SMILES string of the molecule is CC1(C(=O)NCC2(C(=O)O)CCCCCC2)CCCNC1. The van der Waals surface area contributed by atoms with Gasteiger partial charge >= 0.3 is 5.97 Å². The van der Waals surface area contributed by atoms with Gasteiger partial charge in [-0.2, -0.15) is 0 Å². The number of carbonyl (C=O) groups excluding carboxylic acids is 1. The van der Waals surface area contributed by atoms with E-state index in [1.807, 2.05) is 6.92 Å². The highest BCUT2D eigenvalue weighted by Crippen LogP contribution is 2.35. The van der Waals surface area contributed by atoms with Crippen molar-refractivity contribution in [2.75, 3.05) is 19.6 Å². The lowest BCUT2D eigenvalue weighted by Gasteiger charge is -2.35. The molecule has 21 heavy (non-hydrogen) atoms. The van der Waals surface area contributed by atoms with Crippen molar-refractivity contribution < 1.29 is 14.7 Å². The Bertz CT molecular complexity index is 381. The van der Waals surface area contributed by atoms with Crippen molar-refractivity contribution >= 4 is 11.9 Å². The molecule has 1 unspecified atom stereocenters.